The lowest BCUT2D eigenvalue weighted by Crippen LogP contribution is -2.40. The van der Waals surface area contributed by atoms with Gasteiger partial charge in [-0.05, 0) is 43.4 Å². The number of carbonyl (C=O) groups is 1. The number of benzene rings is 1. The van der Waals surface area contributed by atoms with Crippen LogP contribution in [0, 0.1) is 5.41 Å². The highest BCUT2D eigenvalue weighted by Crippen LogP contribution is 2.45. The summed E-state index contributed by atoms with van der Waals surface area (Å²) in [6.45, 7) is 3.02. The van der Waals surface area contributed by atoms with Crippen LogP contribution in [0.3, 0.4) is 0 Å². The molecule has 1 aromatic carbocycles. The zero-order chi connectivity index (χ0) is 21.9. The average Bonchev–Trinajstić information content (AvgIpc) is 3.33. The Balaban J connectivity index is 1.91. The Morgan fingerprint density at radius 2 is 1.93 bits per heavy atom. The second-order valence-electron chi connectivity index (χ2n) is 8.59. The fourth-order valence-corrected chi connectivity index (χ4v) is 5.08. The first-order chi connectivity index (χ1) is 14.1. The van der Waals surface area contributed by atoms with Crippen LogP contribution in [0.15, 0.2) is 18.2 Å². The Hall–Kier alpha value is -2.00. The van der Waals surface area contributed by atoms with Crippen molar-refractivity contribution in [1.82, 2.24) is 9.62 Å². The molecule has 0 spiro atoms. The number of carbonyl (C=O) groups excluding carboxylic acids is 1. The highest BCUT2D eigenvalue weighted by molar-refractivity contribution is 7.88. The number of hydrogen-bond acceptors (Lipinski definition) is 6. The molecule has 0 aromatic heterocycles. The van der Waals surface area contributed by atoms with Crippen LogP contribution in [0.1, 0.15) is 44.1 Å². The molecular weight excluding hydrogens is 408 g/mol. The van der Waals surface area contributed by atoms with Gasteiger partial charge in [0, 0.05) is 31.0 Å². The van der Waals surface area contributed by atoms with Crippen LogP contribution in [0.4, 0.5) is 4.79 Å². The predicted octanol–water partition coefficient (Wildman–Crippen LogP) is 2.74. The molecule has 2 atom stereocenters. The highest BCUT2D eigenvalue weighted by atomic mass is 32.2. The number of sulfonamides is 1. The SMILES string of the molecule is COC(=O)N1C[C@@H](c2ccc(OC)c(OC3CCCC3)c2)[C@](C)(CNS(C)(=O)=O)C1. The molecule has 1 heterocycles. The van der Waals surface area contributed by atoms with E-state index in [-0.39, 0.29) is 18.6 Å². The summed E-state index contributed by atoms with van der Waals surface area (Å²) in [5.74, 6) is 1.27. The van der Waals surface area contributed by atoms with Crippen LogP contribution in [0.2, 0.25) is 0 Å². The van der Waals surface area contributed by atoms with E-state index in [1.807, 2.05) is 25.1 Å². The molecule has 8 nitrogen and oxygen atoms in total. The molecule has 30 heavy (non-hydrogen) atoms. The maximum absolute atomic E-state index is 12.2. The molecule has 0 unspecified atom stereocenters. The molecule has 1 aliphatic heterocycles. The highest BCUT2D eigenvalue weighted by Gasteiger charge is 2.46. The normalized spacial score (nSPS) is 24.8. The van der Waals surface area contributed by atoms with Gasteiger partial charge in [0.1, 0.15) is 0 Å². The maximum atomic E-state index is 12.2. The zero-order valence-corrected chi connectivity index (χ0v) is 19.0. The van der Waals surface area contributed by atoms with E-state index in [4.69, 9.17) is 14.2 Å². The molecular formula is C21H32N2O6S. The van der Waals surface area contributed by atoms with Gasteiger partial charge in [0.25, 0.3) is 0 Å². The van der Waals surface area contributed by atoms with Gasteiger partial charge in [0.15, 0.2) is 11.5 Å². The summed E-state index contributed by atoms with van der Waals surface area (Å²) in [6, 6.07) is 5.82. The van der Waals surface area contributed by atoms with Gasteiger partial charge in [0.2, 0.25) is 10.0 Å². The Kier molecular flexibility index (Phi) is 6.81. The molecule has 1 saturated heterocycles. The van der Waals surface area contributed by atoms with E-state index in [1.54, 1.807) is 12.0 Å². The third kappa shape index (κ3) is 5.18. The average molecular weight is 441 g/mol. The second-order valence-corrected chi connectivity index (χ2v) is 10.4. The summed E-state index contributed by atoms with van der Waals surface area (Å²) in [5.41, 5.74) is 0.476. The lowest BCUT2D eigenvalue weighted by molar-refractivity contribution is 0.128. The molecule has 2 aliphatic rings. The van der Waals surface area contributed by atoms with Crippen molar-refractivity contribution >= 4 is 16.1 Å². The van der Waals surface area contributed by atoms with Crippen molar-refractivity contribution in [2.24, 2.45) is 5.41 Å². The van der Waals surface area contributed by atoms with E-state index in [1.165, 1.54) is 20.0 Å². The minimum Gasteiger partial charge on any atom is -0.493 e. The molecule has 2 fully saturated rings. The monoisotopic (exact) mass is 440 g/mol. The summed E-state index contributed by atoms with van der Waals surface area (Å²) >= 11 is 0. The predicted molar refractivity (Wildman–Crippen MR) is 114 cm³/mol. The molecule has 168 valence electrons. The summed E-state index contributed by atoms with van der Waals surface area (Å²) in [6.07, 6.45) is 5.30. The minimum absolute atomic E-state index is 0.0947. The van der Waals surface area contributed by atoms with Crippen LogP contribution in [-0.4, -0.2) is 65.6 Å². The molecule has 0 bridgehead atoms. The fraction of sp³-hybridized carbons (Fsp3) is 0.667. The molecule has 1 aliphatic carbocycles. The van der Waals surface area contributed by atoms with Gasteiger partial charge in [-0.15, -0.1) is 0 Å². The lowest BCUT2D eigenvalue weighted by atomic mass is 9.76. The first-order valence-corrected chi connectivity index (χ1v) is 12.2. The number of likely N-dealkylation sites (tertiary alicyclic amines) is 1. The standard InChI is InChI=1S/C21H32N2O6S/c1-21(13-22-30(4,25)26)14-23(20(24)28-3)12-17(21)15-9-10-18(27-2)19(11-15)29-16-7-5-6-8-16/h9-11,16-17,22H,5-8,12-14H2,1-4H3/t17-,21+/m0/s1. The minimum atomic E-state index is -3.36. The van der Waals surface area contributed by atoms with Crippen molar-refractivity contribution < 1.29 is 27.4 Å². The Labute approximate surface area is 178 Å². The van der Waals surface area contributed by atoms with Crippen molar-refractivity contribution in [2.45, 2.75) is 44.6 Å². The van der Waals surface area contributed by atoms with Gasteiger partial charge in [0.05, 0.1) is 26.6 Å². The maximum Gasteiger partial charge on any atom is 0.409 e. The van der Waals surface area contributed by atoms with Crippen LogP contribution in [0.25, 0.3) is 0 Å². The van der Waals surface area contributed by atoms with Gasteiger partial charge in [-0.1, -0.05) is 13.0 Å². The Bertz CT molecular complexity index is 868. The van der Waals surface area contributed by atoms with E-state index >= 15 is 0 Å². The number of nitrogens with one attached hydrogen (secondary N) is 1. The van der Waals surface area contributed by atoms with Gasteiger partial charge in [-0.25, -0.2) is 17.9 Å². The second kappa shape index (κ2) is 9.01. The third-order valence-corrected chi connectivity index (χ3v) is 6.82. The number of methoxy groups -OCH3 is 2. The molecule has 1 saturated carbocycles. The van der Waals surface area contributed by atoms with Gasteiger partial charge in [-0.3, -0.25) is 0 Å². The summed E-state index contributed by atoms with van der Waals surface area (Å²) in [5, 5.41) is 0. The topological polar surface area (TPSA) is 94.2 Å². The summed E-state index contributed by atoms with van der Waals surface area (Å²) in [4.78, 5) is 13.8. The van der Waals surface area contributed by atoms with Crippen LogP contribution in [-0.2, 0) is 14.8 Å². The molecule has 1 N–H and O–H groups in total. The van der Waals surface area contributed by atoms with E-state index in [0.29, 0.717) is 24.6 Å². The summed E-state index contributed by atoms with van der Waals surface area (Å²) in [7, 11) is -0.396. The van der Waals surface area contributed by atoms with Crippen LogP contribution in [0.5, 0.6) is 11.5 Å². The number of ether oxygens (including phenoxy) is 3. The van der Waals surface area contributed by atoms with Gasteiger partial charge >= 0.3 is 6.09 Å². The fourth-order valence-electron chi connectivity index (χ4n) is 4.49. The van der Waals surface area contributed by atoms with Crippen molar-refractivity contribution in [2.75, 3.05) is 40.1 Å². The smallest absolute Gasteiger partial charge is 0.409 e. The van der Waals surface area contributed by atoms with Crippen molar-refractivity contribution in [3.63, 3.8) is 0 Å². The first-order valence-electron chi connectivity index (χ1n) is 10.3. The Morgan fingerprint density at radius 1 is 1.23 bits per heavy atom. The van der Waals surface area contributed by atoms with Gasteiger partial charge < -0.3 is 19.1 Å². The Morgan fingerprint density at radius 3 is 2.53 bits per heavy atom. The van der Waals surface area contributed by atoms with E-state index in [0.717, 1.165) is 24.7 Å². The summed E-state index contributed by atoms with van der Waals surface area (Å²) < 4.78 is 42.7. The molecule has 1 amide bonds. The van der Waals surface area contributed by atoms with E-state index in [2.05, 4.69) is 4.72 Å². The van der Waals surface area contributed by atoms with Crippen LogP contribution < -0.4 is 14.2 Å². The number of rotatable bonds is 7. The van der Waals surface area contributed by atoms with E-state index in [9.17, 15) is 13.2 Å². The number of amides is 1. The molecule has 0 radical (unpaired) electrons. The van der Waals surface area contributed by atoms with Crippen molar-refractivity contribution in [3.8, 4) is 11.5 Å². The third-order valence-electron chi connectivity index (χ3n) is 6.15. The first kappa shape index (κ1) is 22.7. The molecule has 3 rings (SSSR count). The zero-order valence-electron chi connectivity index (χ0n) is 18.1. The quantitative estimate of drug-likeness (QED) is 0.701. The lowest BCUT2D eigenvalue weighted by Gasteiger charge is -2.31. The van der Waals surface area contributed by atoms with Gasteiger partial charge in [-0.2, -0.15) is 0 Å². The van der Waals surface area contributed by atoms with E-state index < -0.39 is 21.5 Å². The van der Waals surface area contributed by atoms with Crippen molar-refractivity contribution in [3.05, 3.63) is 23.8 Å². The van der Waals surface area contributed by atoms with Crippen molar-refractivity contribution in [1.29, 1.82) is 0 Å². The molecule has 9 heteroatoms. The molecule has 1 aromatic rings. The van der Waals surface area contributed by atoms with Crippen LogP contribution >= 0.6 is 0 Å². The largest absolute Gasteiger partial charge is 0.493 e. The number of hydrogen-bond donors (Lipinski definition) is 1. The number of nitrogens with zero attached hydrogens (tertiary/aromatic N) is 1.